The molecule has 0 bridgehead atoms. The number of rotatable bonds is 2. The summed E-state index contributed by atoms with van der Waals surface area (Å²) in [6.07, 6.45) is -6.57. The zero-order valence-electron chi connectivity index (χ0n) is 18.5. The van der Waals surface area contributed by atoms with Crippen LogP contribution in [0.25, 0.3) is 0 Å². The van der Waals surface area contributed by atoms with Crippen molar-refractivity contribution in [2.75, 3.05) is 7.05 Å². The van der Waals surface area contributed by atoms with E-state index in [4.69, 9.17) is 9.47 Å². The summed E-state index contributed by atoms with van der Waals surface area (Å²) >= 11 is 0. The summed E-state index contributed by atoms with van der Waals surface area (Å²) < 4.78 is 50.5. The van der Waals surface area contributed by atoms with Gasteiger partial charge in [0.15, 0.2) is 0 Å². The number of halogens is 3. The van der Waals surface area contributed by atoms with Gasteiger partial charge in [0.25, 0.3) is 5.91 Å². The van der Waals surface area contributed by atoms with E-state index in [1.165, 1.54) is 7.05 Å². The molecule has 0 aliphatic carbocycles. The molecule has 0 saturated carbocycles. The molecule has 0 atom stereocenters. The summed E-state index contributed by atoms with van der Waals surface area (Å²) in [5.41, 5.74) is -3.34. The third-order valence-electron chi connectivity index (χ3n) is 4.00. The van der Waals surface area contributed by atoms with Crippen molar-refractivity contribution in [2.45, 2.75) is 72.0 Å². The van der Waals surface area contributed by atoms with Crippen molar-refractivity contribution in [3.63, 3.8) is 0 Å². The first kappa shape index (κ1) is 24.4. The molecule has 0 N–H and O–H groups in total. The summed E-state index contributed by atoms with van der Waals surface area (Å²) in [6.45, 7) is 9.08. The number of alkyl halides is 3. The zero-order chi connectivity index (χ0) is 23.9. The number of carbonyl (C=O) groups excluding carboxylic acids is 3. The Kier molecular flexibility index (Phi) is 6.31. The number of fused-ring (bicyclic) bond motifs is 1. The smallest absolute Gasteiger partial charge is 0.433 e. The molecule has 172 valence electrons. The molecule has 1 aliphatic heterocycles. The van der Waals surface area contributed by atoms with E-state index in [1.807, 2.05) is 0 Å². The SMILES string of the molecule is CN(Cc1nc(C(F)(F)F)cc2c1CN(C(=O)OC(C)(C)C)C2=O)C(=O)OC(C)(C)C. The summed E-state index contributed by atoms with van der Waals surface area (Å²) in [6, 6.07) is 0.610. The van der Waals surface area contributed by atoms with Crippen LogP contribution in [0.15, 0.2) is 6.07 Å². The number of pyridine rings is 1. The van der Waals surface area contributed by atoms with E-state index in [2.05, 4.69) is 4.98 Å². The van der Waals surface area contributed by atoms with Crippen LogP contribution in [0.1, 0.15) is 68.9 Å². The minimum absolute atomic E-state index is 0.124. The quantitative estimate of drug-likeness (QED) is 0.672. The molecule has 2 heterocycles. The van der Waals surface area contributed by atoms with Crippen molar-refractivity contribution < 1.29 is 37.0 Å². The highest BCUT2D eigenvalue weighted by molar-refractivity contribution is 6.06. The van der Waals surface area contributed by atoms with E-state index in [0.717, 1.165) is 4.90 Å². The second-order valence-electron chi connectivity index (χ2n) is 9.19. The fourth-order valence-electron chi connectivity index (χ4n) is 2.74. The number of ether oxygens (including phenoxy) is 2. The molecule has 0 fully saturated rings. The van der Waals surface area contributed by atoms with Crippen molar-refractivity contribution in [1.29, 1.82) is 0 Å². The van der Waals surface area contributed by atoms with Gasteiger partial charge in [-0.15, -0.1) is 0 Å². The average Bonchev–Trinajstić information content (AvgIpc) is 2.88. The number of imide groups is 1. The molecule has 1 aromatic heterocycles. The van der Waals surface area contributed by atoms with Gasteiger partial charge < -0.3 is 14.4 Å². The first-order valence-corrected chi connectivity index (χ1v) is 9.48. The Labute approximate surface area is 178 Å². The topological polar surface area (TPSA) is 89.0 Å². The highest BCUT2D eigenvalue weighted by Crippen LogP contribution is 2.34. The molecule has 0 unspecified atom stereocenters. The van der Waals surface area contributed by atoms with E-state index in [1.54, 1.807) is 41.5 Å². The lowest BCUT2D eigenvalue weighted by Gasteiger charge is -2.25. The average molecular weight is 445 g/mol. The molecule has 0 radical (unpaired) electrons. The van der Waals surface area contributed by atoms with Crippen molar-refractivity contribution >= 4 is 18.1 Å². The molecule has 31 heavy (non-hydrogen) atoms. The summed E-state index contributed by atoms with van der Waals surface area (Å²) in [5, 5.41) is 0. The number of hydrogen-bond donors (Lipinski definition) is 0. The van der Waals surface area contributed by atoms with Crippen LogP contribution >= 0.6 is 0 Å². The Morgan fingerprint density at radius 2 is 1.65 bits per heavy atom. The van der Waals surface area contributed by atoms with Crippen molar-refractivity contribution in [1.82, 2.24) is 14.8 Å². The first-order valence-electron chi connectivity index (χ1n) is 9.48. The lowest BCUT2D eigenvalue weighted by molar-refractivity contribution is -0.141. The number of aromatic nitrogens is 1. The molecule has 0 aromatic carbocycles. The maximum Gasteiger partial charge on any atom is 0.433 e. The molecule has 1 aromatic rings. The highest BCUT2D eigenvalue weighted by Gasteiger charge is 2.41. The summed E-state index contributed by atoms with van der Waals surface area (Å²) in [7, 11) is 1.34. The predicted octanol–water partition coefficient (Wildman–Crippen LogP) is 4.36. The lowest BCUT2D eigenvalue weighted by atomic mass is 10.1. The molecular formula is C20H26F3N3O5. The van der Waals surface area contributed by atoms with E-state index >= 15 is 0 Å². The van der Waals surface area contributed by atoms with E-state index in [-0.39, 0.29) is 29.9 Å². The fourth-order valence-corrected chi connectivity index (χ4v) is 2.74. The van der Waals surface area contributed by atoms with Gasteiger partial charge in [-0.2, -0.15) is 13.2 Å². The molecule has 2 rings (SSSR count). The number of hydrogen-bond acceptors (Lipinski definition) is 6. The van der Waals surface area contributed by atoms with Crippen molar-refractivity contribution in [3.05, 3.63) is 28.6 Å². The zero-order valence-corrected chi connectivity index (χ0v) is 18.5. The predicted molar refractivity (Wildman–Crippen MR) is 103 cm³/mol. The van der Waals surface area contributed by atoms with Crippen LogP contribution in [0.2, 0.25) is 0 Å². The largest absolute Gasteiger partial charge is 0.444 e. The van der Waals surface area contributed by atoms with Gasteiger partial charge in [0.05, 0.1) is 18.8 Å². The van der Waals surface area contributed by atoms with E-state index in [9.17, 15) is 27.6 Å². The van der Waals surface area contributed by atoms with Crippen molar-refractivity contribution in [2.24, 2.45) is 0 Å². The Hall–Kier alpha value is -2.85. The lowest BCUT2D eigenvalue weighted by Crippen LogP contribution is -2.37. The molecule has 1 aliphatic rings. The molecule has 0 spiro atoms. The Balaban J connectivity index is 2.42. The molecule has 0 saturated heterocycles. The van der Waals surface area contributed by atoms with Crippen LogP contribution in [0.5, 0.6) is 0 Å². The second-order valence-corrected chi connectivity index (χ2v) is 9.19. The minimum atomic E-state index is -4.83. The van der Waals surface area contributed by atoms with Crippen LogP contribution in [0, 0.1) is 0 Å². The maximum atomic E-state index is 13.4. The van der Waals surface area contributed by atoms with Crippen LogP contribution in [-0.2, 0) is 28.7 Å². The minimum Gasteiger partial charge on any atom is -0.444 e. The van der Waals surface area contributed by atoms with E-state index < -0.39 is 41.2 Å². The third-order valence-corrected chi connectivity index (χ3v) is 4.00. The third kappa shape index (κ3) is 6.08. The number of carbonyl (C=O) groups is 3. The maximum absolute atomic E-state index is 13.4. The van der Waals surface area contributed by atoms with Gasteiger partial charge in [-0.3, -0.25) is 4.79 Å². The van der Waals surface area contributed by atoms with Gasteiger partial charge in [0, 0.05) is 18.2 Å². The number of amides is 3. The van der Waals surface area contributed by atoms with E-state index in [0.29, 0.717) is 11.0 Å². The van der Waals surface area contributed by atoms with Crippen LogP contribution in [0.4, 0.5) is 22.8 Å². The fraction of sp³-hybridized carbons (Fsp3) is 0.600. The van der Waals surface area contributed by atoms with Crippen LogP contribution in [-0.4, -0.2) is 51.1 Å². The molecule has 8 nitrogen and oxygen atoms in total. The van der Waals surface area contributed by atoms with Gasteiger partial charge in [0.1, 0.15) is 16.9 Å². The molecule has 11 heteroatoms. The van der Waals surface area contributed by atoms with Gasteiger partial charge in [-0.1, -0.05) is 0 Å². The van der Waals surface area contributed by atoms with Gasteiger partial charge in [0.2, 0.25) is 0 Å². The summed E-state index contributed by atoms with van der Waals surface area (Å²) in [4.78, 5) is 42.7. The van der Waals surface area contributed by atoms with Gasteiger partial charge >= 0.3 is 18.4 Å². The summed E-state index contributed by atoms with van der Waals surface area (Å²) in [5.74, 6) is -0.918. The normalized spacial score (nSPS) is 14.4. The van der Waals surface area contributed by atoms with Crippen LogP contribution in [0.3, 0.4) is 0 Å². The molecular weight excluding hydrogens is 419 g/mol. The monoisotopic (exact) mass is 445 g/mol. The Morgan fingerprint density at radius 1 is 1.10 bits per heavy atom. The number of nitrogens with zero attached hydrogens (tertiary/aromatic N) is 3. The Bertz CT molecular complexity index is 901. The van der Waals surface area contributed by atoms with Crippen molar-refractivity contribution in [3.8, 4) is 0 Å². The molecule has 3 amide bonds. The second kappa shape index (κ2) is 8.01. The van der Waals surface area contributed by atoms with Crippen LogP contribution < -0.4 is 0 Å². The Morgan fingerprint density at radius 3 is 2.13 bits per heavy atom. The van der Waals surface area contributed by atoms with Gasteiger partial charge in [-0.25, -0.2) is 19.5 Å². The highest BCUT2D eigenvalue weighted by atomic mass is 19.4. The first-order chi connectivity index (χ1) is 13.9. The standard InChI is InChI=1S/C20H26F3N3O5/c1-18(2,3)30-16(28)25(7)10-13-12-9-26(17(29)31-19(4,5)6)15(27)11(12)8-14(24-13)20(21,22)23/h8H,9-10H2,1-7H3. The van der Waals surface area contributed by atoms with Gasteiger partial charge in [-0.05, 0) is 47.6 Å².